The molecule has 0 aliphatic heterocycles. The first kappa shape index (κ1) is 24.8. The zero-order chi connectivity index (χ0) is 25.2. The Labute approximate surface area is 206 Å². The van der Waals surface area contributed by atoms with E-state index in [-0.39, 0.29) is 33.3 Å². The molecule has 4 rings (SSSR count). The highest BCUT2D eigenvalue weighted by Crippen LogP contribution is 2.42. The molecule has 1 aliphatic carbocycles. The number of hydrogen-bond donors (Lipinski definition) is 1. The molecule has 0 saturated carbocycles. The number of alkyl halides is 3. The number of aliphatic imine (C=N–C) groups is 1. The third kappa shape index (κ3) is 5.20. The maximum atomic E-state index is 14.8. The third-order valence-electron chi connectivity index (χ3n) is 5.11. The first-order valence-electron chi connectivity index (χ1n) is 10.3. The smallest absolute Gasteiger partial charge is 0.355 e. The average Bonchev–Trinajstić information content (AvgIpc) is 3.45. The molecular formula is C23H18ClF4N5OS. The van der Waals surface area contributed by atoms with E-state index in [1.165, 1.54) is 30.8 Å². The van der Waals surface area contributed by atoms with Crippen molar-refractivity contribution in [2.45, 2.75) is 25.9 Å². The molecule has 2 aromatic heterocycles. The van der Waals surface area contributed by atoms with Gasteiger partial charge in [0.05, 0.1) is 11.1 Å². The number of rotatable bonds is 6. The summed E-state index contributed by atoms with van der Waals surface area (Å²) in [5.41, 5.74) is 0.700. The first-order valence-corrected chi connectivity index (χ1v) is 11.6. The lowest BCUT2D eigenvalue weighted by Gasteiger charge is -2.19. The van der Waals surface area contributed by atoms with Gasteiger partial charge in [-0.05, 0) is 37.5 Å². The number of aryl methyl sites for hydroxylation is 1. The first-order chi connectivity index (χ1) is 16.7. The van der Waals surface area contributed by atoms with Gasteiger partial charge >= 0.3 is 6.18 Å². The number of hydrogen-bond acceptors (Lipinski definition) is 7. The van der Waals surface area contributed by atoms with E-state index in [9.17, 15) is 17.6 Å². The summed E-state index contributed by atoms with van der Waals surface area (Å²) in [6.45, 7) is 1.66. The van der Waals surface area contributed by atoms with Crippen molar-refractivity contribution in [2.75, 3.05) is 7.05 Å². The zero-order valence-corrected chi connectivity index (χ0v) is 20.0. The maximum Gasteiger partial charge on any atom is 0.432 e. The minimum atomic E-state index is -4.84. The van der Waals surface area contributed by atoms with Gasteiger partial charge in [0.15, 0.2) is 10.8 Å². The lowest BCUT2D eigenvalue weighted by molar-refractivity contribution is -0.0949. The summed E-state index contributed by atoms with van der Waals surface area (Å²) < 4.78 is 63.4. The lowest BCUT2D eigenvalue weighted by atomic mass is 9.98. The lowest BCUT2D eigenvalue weighted by Crippen LogP contribution is -2.28. The standard InChI is InChI=1S/C23H18ClF4N5OS/c1-12-5-3-8-16(25)17(12)19-18(22-32-30-11-35-22)20(34-33-19)15(10-29-2)21(23(26,27)28)31-14-7-4-6-13(24)9-14/h3,5,7-11,31H,4,6H2,1-2H3/b21-15+,29-10?. The highest BCUT2D eigenvalue weighted by Gasteiger charge is 2.40. The van der Waals surface area contributed by atoms with E-state index in [2.05, 4.69) is 25.7 Å². The number of nitrogens with zero attached hydrogens (tertiary/aromatic N) is 4. The highest BCUT2D eigenvalue weighted by atomic mass is 35.5. The van der Waals surface area contributed by atoms with E-state index in [0.29, 0.717) is 23.4 Å². The Morgan fingerprint density at radius 3 is 2.71 bits per heavy atom. The third-order valence-corrected chi connectivity index (χ3v) is 6.12. The molecule has 35 heavy (non-hydrogen) atoms. The van der Waals surface area contributed by atoms with Gasteiger partial charge in [0, 0.05) is 29.6 Å². The fourth-order valence-electron chi connectivity index (χ4n) is 3.61. The summed E-state index contributed by atoms with van der Waals surface area (Å²) in [6, 6.07) is 4.42. The molecule has 182 valence electrons. The SMILES string of the molecule is CN=C/C(=C(\NC1=CCCC(Cl)=C1)C(F)(F)F)c1onc(-c2c(C)cccc2F)c1-c1nncs1. The van der Waals surface area contributed by atoms with Crippen LogP contribution in [0.5, 0.6) is 0 Å². The topological polar surface area (TPSA) is 76.2 Å². The van der Waals surface area contributed by atoms with Gasteiger partial charge in [0.25, 0.3) is 0 Å². The van der Waals surface area contributed by atoms with Gasteiger partial charge in [-0.2, -0.15) is 13.2 Å². The Hall–Kier alpha value is -3.31. The molecule has 1 aromatic carbocycles. The Balaban J connectivity index is 2.00. The van der Waals surface area contributed by atoms with Crippen molar-refractivity contribution in [1.29, 1.82) is 0 Å². The molecule has 0 bridgehead atoms. The van der Waals surface area contributed by atoms with E-state index >= 15 is 0 Å². The van der Waals surface area contributed by atoms with Crippen molar-refractivity contribution < 1.29 is 22.1 Å². The van der Waals surface area contributed by atoms with Gasteiger partial charge in [-0.15, -0.1) is 10.2 Å². The summed E-state index contributed by atoms with van der Waals surface area (Å²) in [5, 5.41) is 14.8. The second kappa shape index (κ2) is 10.1. The van der Waals surface area contributed by atoms with Crippen molar-refractivity contribution in [3.05, 3.63) is 69.4 Å². The van der Waals surface area contributed by atoms with Crippen LogP contribution in [0.4, 0.5) is 17.6 Å². The highest BCUT2D eigenvalue weighted by molar-refractivity contribution is 7.12. The Bertz CT molecular complexity index is 1340. The van der Waals surface area contributed by atoms with Crippen LogP contribution in [-0.2, 0) is 0 Å². The molecule has 0 saturated heterocycles. The Morgan fingerprint density at radius 1 is 1.29 bits per heavy atom. The summed E-state index contributed by atoms with van der Waals surface area (Å²) in [4.78, 5) is 3.82. The molecule has 3 aromatic rings. The molecule has 0 fully saturated rings. The van der Waals surface area contributed by atoms with Crippen molar-refractivity contribution in [3.8, 4) is 21.8 Å². The van der Waals surface area contributed by atoms with E-state index < -0.39 is 23.3 Å². The van der Waals surface area contributed by atoms with Crippen molar-refractivity contribution in [2.24, 2.45) is 4.99 Å². The van der Waals surface area contributed by atoms with E-state index in [0.717, 1.165) is 17.6 Å². The van der Waals surface area contributed by atoms with Crippen LogP contribution in [0.25, 0.3) is 27.4 Å². The van der Waals surface area contributed by atoms with Gasteiger partial charge in [-0.3, -0.25) is 4.99 Å². The number of aromatic nitrogens is 3. The average molecular weight is 524 g/mol. The minimum absolute atomic E-state index is 0.00991. The molecule has 0 unspecified atom stereocenters. The van der Waals surface area contributed by atoms with Crippen molar-refractivity contribution >= 4 is 34.7 Å². The summed E-state index contributed by atoms with van der Waals surface area (Å²) in [6.07, 6.45) is 0.225. The van der Waals surface area contributed by atoms with Gasteiger partial charge in [0.2, 0.25) is 0 Å². The van der Waals surface area contributed by atoms with Gasteiger partial charge in [-0.25, -0.2) is 4.39 Å². The van der Waals surface area contributed by atoms with Gasteiger partial charge in [0.1, 0.15) is 22.7 Å². The number of halogens is 5. The van der Waals surface area contributed by atoms with Crippen LogP contribution in [-0.4, -0.2) is 34.8 Å². The van der Waals surface area contributed by atoms with Crippen LogP contribution in [0, 0.1) is 12.7 Å². The normalized spacial score (nSPS) is 15.2. The monoisotopic (exact) mass is 523 g/mol. The molecule has 12 heteroatoms. The molecule has 1 aliphatic rings. The summed E-state index contributed by atoms with van der Waals surface area (Å²) >= 11 is 7.09. The van der Waals surface area contributed by atoms with Crippen LogP contribution >= 0.6 is 22.9 Å². The number of nitrogens with one attached hydrogen (secondary N) is 1. The molecule has 6 nitrogen and oxygen atoms in total. The molecule has 0 atom stereocenters. The molecule has 0 spiro atoms. The van der Waals surface area contributed by atoms with Crippen LogP contribution in [0.1, 0.15) is 24.2 Å². The minimum Gasteiger partial charge on any atom is -0.355 e. The molecule has 1 N–H and O–H groups in total. The van der Waals surface area contributed by atoms with E-state index in [4.69, 9.17) is 16.1 Å². The number of allylic oxidation sites excluding steroid dienone is 5. The van der Waals surface area contributed by atoms with Crippen LogP contribution < -0.4 is 5.32 Å². The van der Waals surface area contributed by atoms with Gasteiger partial charge in [-0.1, -0.05) is 46.3 Å². The fraction of sp³-hybridized carbons (Fsp3) is 0.217. The van der Waals surface area contributed by atoms with Crippen molar-refractivity contribution in [3.63, 3.8) is 0 Å². The van der Waals surface area contributed by atoms with Crippen LogP contribution in [0.3, 0.4) is 0 Å². The molecule has 2 heterocycles. The van der Waals surface area contributed by atoms with Crippen LogP contribution in [0.2, 0.25) is 0 Å². The maximum absolute atomic E-state index is 14.8. The largest absolute Gasteiger partial charge is 0.432 e. The van der Waals surface area contributed by atoms with Crippen LogP contribution in [0.15, 0.2) is 61.8 Å². The quantitative estimate of drug-likeness (QED) is 0.288. The predicted octanol–water partition coefficient (Wildman–Crippen LogP) is 6.67. The Kier molecular flexibility index (Phi) is 7.18. The predicted molar refractivity (Wildman–Crippen MR) is 127 cm³/mol. The zero-order valence-electron chi connectivity index (χ0n) is 18.5. The fourth-order valence-corrected chi connectivity index (χ4v) is 4.43. The second-order valence-electron chi connectivity index (χ2n) is 7.50. The summed E-state index contributed by atoms with van der Waals surface area (Å²) in [5.74, 6) is -0.886. The molecule has 0 radical (unpaired) electrons. The number of benzene rings is 1. The molecular weight excluding hydrogens is 506 g/mol. The van der Waals surface area contributed by atoms with E-state index in [1.807, 2.05) is 0 Å². The van der Waals surface area contributed by atoms with Crippen molar-refractivity contribution in [1.82, 2.24) is 20.7 Å². The second-order valence-corrected chi connectivity index (χ2v) is 8.82. The summed E-state index contributed by atoms with van der Waals surface area (Å²) in [7, 11) is 1.33. The Morgan fingerprint density at radius 2 is 2.09 bits per heavy atom. The molecule has 0 amide bonds. The van der Waals surface area contributed by atoms with E-state index in [1.54, 1.807) is 19.1 Å². The van der Waals surface area contributed by atoms with Gasteiger partial charge < -0.3 is 9.84 Å².